The van der Waals surface area contributed by atoms with Gasteiger partial charge in [0.05, 0.1) is 5.52 Å². The van der Waals surface area contributed by atoms with Gasteiger partial charge in [-0.15, -0.1) is 0 Å². The third-order valence-electron chi connectivity index (χ3n) is 4.62. The van der Waals surface area contributed by atoms with E-state index in [0.717, 1.165) is 15.4 Å². The molecule has 7 heteroatoms. The summed E-state index contributed by atoms with van der Waals surface area (Å²) in [6.07, 6.45) is -0.318. The molecule has 0 unspecified atom stereocenters. The largest absolute Gasteiger partial charge is 0.444 e. The molecule has 1 aliphatic rings. The molecule has 0 bridgehead atoms. The predicted molar refractivity (Wildman–Crippen MR) is 109 cm³/mol. The van der Waals surface area contributed by atoms with Gasteiger partial charge in [-0.2, -0.15) is 0 Å². The van der Waals surface area contributed by atoms with Gasteiger partial charge in [0.25, 0.3) is 5.91 Å². The minimum Gasteiger partial charge on any atom is -0.444 e. The van der Waals surface area contributed by atoms with Gasteiger partial charge < -0.3 is 19.1 Å². The molecule has 2 amide bonds. The standard InChI is InChI=1S/C20H26BrN3O3/c1-5-24-16(13-14-7-6-8-15(21)17(14)24)18(25)22-9-11-23(12-10-22)19(26)27-20(2,3)4/h6-8,13H,5,9-12H2,1-4H3. The van der Waals surface area contributed by atoms with E-state index in [9.17, 15) is 9.59 Å². The molecule has 0 saturated carbocycles. The Balaban J connectivity index is 1.74. The van der Waals surface area contributed by atoms with Gasteiger partial charge in [0, 0.05) is 42.6 Å². The van der Waals surface area contributed by atoms with Crippen LogP contribution in [0.3, 0.4) is 0 Å². The zero-order valence-electron chi connectivity index (χ0n) is 16.3. The van der Waals surface area contributed by atoms with Gasteiger partial charge in [0.15, 0.2) is 0 Å². The number of amides is 2. The Morgan fingerprint density at radius 3 is 2.33 bits per heavy atom. The minimum atomic E-state index is -0.514. The molecule has 0 aliphatic carbocycles. The van der Waals surface area contributed by atoms with Crippen molar-refractivity contribution in [3.8, 4) is 0 Å². The second-order valence-corrected chi connectivity index (χ2v) is 8.57. The molecule has 1 aromatic heterocycles. The van der Waals surface area contributed by atoms with Crippen LogP contribution >= 0.6 is 15.9 Å². The smallest absolute Gasteiger partial charge is 0.410 e. The number of carbonyl (C=O) groups excluding carboxylic acids is 2. The number of benzene rings is 1. The molecular formula is C20H26BrN3O3. The highest BCUT2D eigenvalue weighted by molar-refractivity contribution is 9.10. The minimum absolute atomic E-state index is 0.00351. The number of rotatable bonds is 2. The first kappa shape index (κ1) is 19.7. The van der Waals surface area contributed by atoms with Crippen molar-refractivity contribution in [2.45, 2.75) is 39.8 Å². The lowest BCUT2D eigenvalue weighted by molar-refractivity contribution is 0.0139. The van der Waals surface area contributed by atoms with E-state index >= 15 is 0 Å². The van der Waals surface area contributed by atoms with E-state index in [1.807, 2.05) is 61.4 Å². The number of hydrogen-bond donors (Lipinski definition) is 0. The summed E-state index contributed by atoms with van der Waals surface area (Å²) < 4.78 is 8.45. The number of ether oxygens (including phenoxy) is 1. The van der Waals surface area contributed by atoms with Gasteiger partial charge in [-0.1, -0.05) is 12.1 Å². The van der Waals surface area contributed by atoms with Crippen molar-refractivity contribution in [2.24, 2.45) is 0 Å². The fourth-order valence-electron chi connectivity index (χ4n) is 3.37. The van der Waals surface area contributed by atoms with Gasteiger partial charge in [-0.3, -0.25) is 4.79 Å². The summed E-state index contributed by atoms with van der Waals surface area (Å²) >= 11 is 3.59. The molecular weight excluding hydrogens is 410 g/mol. The number of para-hydroxylation sites is 1. The van der Waals surface area contributed by atoms with E-state index in [1.165, 1.54) is 0 Å². The molecule has 1 saturated heterocycles. The van der Waals surface area contributed by atoms with Crippen LogP contribution in [0.4, 0.5) is 4.79 Å². The summed E-state index contributed by atoms with van der Waals surface area (Å²) in [4.78, 5) is 28.8. The van der Waals surface area contributed by atoms with Crippen molar-refractivity contribution in [2.75, 3.05) is 26.2 Å². The van der Waals surface area contributed by atoms with Gasteiger partial charge in [-0.05, 0) is 55.8 Å². The number of aryl methyl sites for hydroxylation is 1. The normalized spacial score (nSPS) is 15.3. The van der Waals surface area contributed by atoms with Crippen molar-refractivity contribution >= 4 is 38.8 Å². The Morgan fingerprint density at radius 2 is 1.74 bits per heavy atom. The molecule has 1 fully saturated rings. The van der Waals surface area contributed by atoms with Crippen LogP contribution < -0.4 is 0 Å². The van der Waals surface area contributed by atoms with Crippen molar-refractivity contribution in [3.05, 3.63) is 34.4 Å². The molecule has 3 rings (SSSR count). The highest BCUT2D eigenvalue weighted by Crippen LogP contribution is 2.28. The lowest BCUT2D eigenvalue weighted by Gasteiger charge is -2.35. The summed E-state index contributed by atoms with van der Waals surface area (Å²) in [5, 5.41) is 1.04. The number of aromatic nitrogens is 1. The Bertz CT molecular complexity index is 861. The Morgan fingerprint density at radius 1 is 1.11 bits per heavy atom. The van der Waals surface area contributed by atoms with E-state index in [-0.39, 0.29) is 12.0 Å². The van der Waals surface area contributed by atoms with E-state index < -0.39 is 5.60 Å². The maximum absolute atomic E-state index is 13.1. The molecule has 0 spiro atoms. The lowest BCUT2D eigenvalue weighted by Crippen LogP contribution is -2.51. The Kier molecular flexibility index (Phi) is 5.51. The molecule has 2 heterocycles. The van der Waals surface area contributed by atoms with Crippen LogP contribution in [0.2, 0.25) is 0 Å². The summed E-state index contributed by atoms with van der Waals surface area (Å²) in [5.41, 5.74) is 1.21. The van der Waals surface area contributed by atoms with Crippen LogP contribution in [0, 0.1) is 0 Å². The summed E-state index contributed by atoms with van der Waals surface area (Å²) in [6.45, 7) is 10.3. The Hall–Kier alpha value is -2.02. The molecule has 27 heavy (non-hydrogen) atoms. The molecule has 0 radical (unpaired) electrons. The van der Waals surface area contributed by atoms with Crippen molar-refractivity contribution in [1.82, 2.24) is 14.4 Å². The highest BCUT2D eigenvalue weighted by atomic mass is 79.9. The fourth-order valence-corrected chi connectivity index (χ4v) is 3.96. The average Bonchev–Trinajstić information content (AvgIpc) is 2.99. The van der Waals surface area contributed by atoms with Gasteiger partial charge in [-0.25, -0.2) is 4.79 Å². The monoisotopic (exact) mass is 435 g/mol. The zero-order valence-corrected chi connectivity index (χ0v) is 17.9. The van der Waals surface area contributed by atoms with Crippen molar-refractivity contribution in [3.63, 3.8) is 0 Å². The maximum atomic E-state index is 13.1. The summed E-state index contributed by atoms with van der Waals surface area (Å²) in [7, 11) is 0. The Labute approximate surface area is 168 Å². The van der Waals surface area contributed by atoms with Gasteiger partial charge >= 0.3 is 6.09 Å². The maximum Gasteiger partial charge on any atom is 0.410 e. The molecule has 146 valence electrons. The molecule has 0 N–H and O–H groups in total. The van der Waals surface area contributed by atoms with Crippen molar-refractivity contribution in [1.29, 1.82) is 0 Å². The first-order valence-electron chi connectivity index (χ1n) is 9.26. The van der Waals surface area contributed by atoms with Gasteiger partial charge in [0.1, 0.15) is 11.3 Å². The van der Waals surface area contributed by atoms with Crippen LogP contribution in [-0.2, 0) is 11.3 Å². The van der Waals surface area contributed by atoms with Crippen LogP contribution in [0.15, 0.2) is 28.7 Å². The number of piperazine rings is 1. The molecule has 0 atom stereocenters. The average molecular weight is 436 g/mol. The number of fused-ring (bicyclic) bond motifs is 1. The van der Waals surface area contributed by atoms with Crippen LogP contribution in [0.1, 0.15) is 38.2 Å². The summed E-state index contributed by atoms with van der Waals surface area (Å²) in [5.74, 6) is 0.00351. The second kappa shape index (κ2) is 7.54. The first-order valence-corrected chi connectivity index (χ1v) is 10.1. The van der Waals surface area contributed by atoms with Crippen molar-refractivity contribution < 1.29 is 14.3 Å². The summed E-state index contributed by atoms with van der Waals surface area (Å²) in [6, 6.07) is 7.93. The fraction of sp³-hybridized carbons (Fsp3) is 0.500. The van der Waals surface area contributed by atoms with Crippen LogP contribution in [0.25, 0.3) is 10.9 Å². The van der Waals surface area contributed by atoms with Gasteiger partial charge in [0.2, 0.25) is 0 Å². The number of halogens is 1. The number of carbonyl (C=O) groups is 2. The van der Waals surface area contributed by atoms with E-state index in [0.29, 0.717) is 38.4 Å². The third-order valence-corrected chi connectivity index (χ3v) is 5.26. The molecule has 1 aliphatic heterocycles. The van der Waals surface area contributed by atoms with E-state index in [2.05, 4.69) is 15.9 Å². The highest BCUT2D eigenvalue weighted by Gasteiger charge is 2.29. The quantitative estimate of drug-likeness (QED) is 0.712. The predicted octanol–water partition coefficient (Wildman–Crippen LogP) is 4.12. The van der Waals surface area contributed by atoms with Crippen LogP contribution in [-0.4, -0.2) is 58.1 Å². The molecule has 1 aromatic carbocycles. The SMILES string of the molecule is CCn1c(C(=O)N2CCN(C(=O)OC(C)(C)C)CC2)cc2cccc(Br)c21. The van der Waals surface area contributed by atoms with E-state index in [1.54, 1.807) is 4.90 Å². The molecule has 6 nitrogen and oxygen atoms in total. The number of hydrogen-bond acceptors (Lipinski definition) is 3. The zero-order chi connectivity index (χ0) is 19.8. The molecule has 2 aromatic rings. The van der Waals surface area contributed by atoms with Crippen LogP contribution in [0.5, 0.6) is 0 Å². The first-order chi connectivity index (χ1) is 12.7. The topological polar surface area (TPSA) is 54.8 Å². The number of nitrogens with zero attached hydrogens (tertiary/aromatic N) is 3. The third kappa shape index (κ3) is 4.13. The van der Waals surface area contributed by atoms with E-state index in [4.69, 9.17) is 4.74 Å². The second-order valence-electron chi connectivity index (χ2n) is 7.71. The lowest BCUT2D eigenvalue weighted by atomic mass is 10.2.